The molecule has 1 aliphatic rings. The Morgan fingerprint density at radius 3 is 2.88 bits per heavy atom. The summed E-state index contributed by atoms with van der Waals surface area (Å²) in [5.74, 6) is -0.167. The molecule has 0 radical (unpaired) electrons. The maximum atomic E-state index is 13.4. The molecule has 1 nitrogen and oxygen atoms in total. The van der Waals surface area contributed by atoms with Gasteiger partial charge in [0.15, 0.2) is 0 Å². The molecule has 1 N–H and O–H groups in total. The van der Waals surface area contributed by atoms with Gasteiger partial charge < -0.3 is 5.32 Å². The molecule has 17 heavy (non-hydrogen) atoms. The predicted octanol–water partition coefficient (Wildman–Crippen LogP) is 3.36. The maximum absolute atomic E-state index is 13.4. The zero-order valence-corrected chi connectivity index (χ0v) is 9.54. The molecule has 2 heteroatoms. The van der Waals surface area contributed by atoms with Crippen LogP contribution in [0.1, 0.15) is 12.0 Å². The predicted molar refractivity (Wildman–Crippen MR) is 69.4 cm³/mol. The summed E-state index contributed by atoms with van der Waals surface area (Å²) >= 11 is 0. The molecule has 0 amide bonds. The highest BCUT2D eigenvalue weighted by Crippen LogP contribution is 2.28. The van der Waals surface area contributed by atoms with Crippen LogP contribution in [0.5, 0.6) is 0 Å². The second-order valence-corrected chi connectivity index (χ2v) is 4.35. The summed E-state index contributed by atoms with van der Waals surface area (Å²) in [6.45, 7) is 1.90. The Hall–Kier alpha value is -1.67. The highest BCUT2D eigenvalue weighted by atomic mass is 19.1. The van der Waals surface area contributed by atoms with Crippen molar-refractivity contribution in [2.75, 3.05) is 13.1 Å². The van der Waals surface area contributed by atoms with E-state index in [4.69, 9.17) is 0 Å². The smallest absolute Gasteiger partial charge is 0.123 e. The first-order valence-corrected chi connectivity index (χ1v) is 5.93. The van der Waals surface area contributed by atoms with E-state index >= 15 is 0 Å². The third-order valence-corrected chi connectivity index (χ3v) is 3.25. The van der Waals surface area contributed by atoms with Crippen LogP contribution in [0.25, 0.3) is 16.3 Å². The highest BCUT2D eigenvalue weighted by molar-refractivity contribution is 5.94. The van der Waals surface area contributed by atoms with E-state index in [2.05, 4.69) is 17.5 Å². The van der Waals surface area contributed by atoms with Gasteiger partial charge in [-0.05, 0) is 47.0 Å². The molecule has 0 saturated carbocycles. The Kier molecular flexibility index (Phi) is 2.65. The van der Waals surface area contributed by atoms with Gasteiger partial charge in [0.25, 0.3) is 0 Å². The van der Waals surface area contributed by atoms with Crippen LogP contribution >= 0.6 is 0 Å². The lowest BCUT2D eigenvalue weighted by atomic mass is 9.95. The van der Waals surface area contributed by atoms with Crippen molar-refractivity contribution in [1.82, 2.24) is 5.32 Å². The van der Waals surface area contributed by atoms with Crippen molar-refractivity contribution in [3.05, 3.63) is 53.9 Å². The first-order chi connectivity index (χ1) is 8.34. The average Bonchev–Trinajstić information content (AvgIpc) is 2.39. The van der Waals surface area contributed by atoms with Gasteiger partial charge in [-0.2, -0.15) is 0 Å². The van der Waals surface area contributed by atoms with E-state index in [1.807, 2.05) is 18.2 Å². The number of halogens is 1. The van der Waals surface area contributed by atoms with Crippen LogP contribution in [0.2, 0.25) is 0 Å². The summed E-state index contributed by atoms with van der Waals surface area (Å²) in [7, 11) is 0. The normalized spacial score (nSPS) is 15.9. The van der Waals surface area contributed by atoms with Gasteiger partial charge in [0.1, 0.15) is 5.82 Å². The van der Waals surface area contributed by atoms with E-state index in [-0.39, 0.29) is 5.82 Å². The molecule has 2 aromatic carbocycles. The van der Waals surface area contributed by atoms with E-state index in [0.717, 1.165) is 30.3 Å². The molecule has 2 aromatic rings. The topological polar surface area (TPSA) is 12.0 Å². The minimum Gasteiger partial charge on any atom is -0.313 e. The number of hydrogen-bond donors (Lipinski definition) is 1. The number of nitrogens with one attached hydrogen (secondary N) is 1. The lowest BCUT2D eigenvalue weighted by Crippen LogP contribution is -2.20. The molecule has 0 unspecified atom stereocenters. The Morgan fingerprint density at radius 2 is 2.06 bits per heavy atom. The standard InChI is InChI=1S/C15H14FN/c16-13-5-4-11-2-1-3-14(15(11)10-13)12-6-8-17-9-7-12/h1-6,10,17H,7-9H2. The van der Waals surface area contributed by atoms with Gasteiger partial charge in [-0.15, -0.1) is 0 Å². The monoisotopic (exact) mass is 227 g/mol. The molecule has 0 spiro atoms. The van der Waals surface area contributed by atoms with E-state index < -0.39 is 0 Å². The molecule has 0 atom stereocenters. The molecule has 3 rings (SSSR count). The minimum absolute atomic E-state index is 0.167. The summed E-state index contributed by atoms with van der Waals surface area (Å²) < 4.78 is 13.4. The first-order valence-electron chi connectivity index (χ1n) is 5.93. The minimum atomic E-state index is -0.167. The van der Waals surface area contributed by atoms with Gasteiger partial charge in [0.05, 0.1) is 0 Å². The Labute approximate surface area is 100.0 Å². The Morgan fingerprint density at radius 1 is 1.12 bits per heavy atom. The fraction of sp³-hybridized carbons (Fsp3) is 0.200. The zero-order chi connectivity index (χ0) is 11.7. The summed E-state index contributed by atoms with van der Waals surface area (Å²) in [6.07, 6.45) is 3.21. The van der Waals surface area contributed by atoms with Gasteiger partial charge in [-0.3, -0.25) is 0 Å². The van der Waals surface area contributed by atoms with Crippen LogP contribution < -0.4 is 5.32 Å². The third kappa shape index (κ3) is 1.96. The maximum Gasteiger partial charge on any atom is 0.123 e. The molecule has 86 valence electrons. The van der Waals surface area contributed by atoms with Crippen LogP contribution in [0.3, 0.4) is 0 Å². The number of fused-ring (bicyclic) bond motifs is 1. The van der Waals surface area contributed by atoms with Gasteiger partial charge in [0, 0.05) is 6.54 Å². The molecule has 0 bridgehead atoms. The fourth-order valence-electron chi connectivity index (χ4n) is 2.39. The number of hydrogen-bond acceptors (Lipinski definition) is 1. The van der Waals surface area contributed by atoms with Crippen molar-refractivity contribution >= 4 is 16.3 Å². The highest BCUT2D eigenvalue weighted by Gasteiger charge is 2.09. The van der Waals surface area contributed by atoms with Gasteiger partial charge in [-0.25, -0.2) is 4.39 Å². The van der Waals surface area contributed by atoms with Crippen molar-refractivity contribution in [1.29, 1.82) is 0 Å². The summed E-state index contributed by atoms with van der Waals surface area (Å²) in [4.78, 5) is 0. The SMILES string of the molecule is Fc1ccc2cccc(C3=CCNCC3)c2c1. The molecule has 0 saturated heterocycles. The molecular formula is C15H14FN. The van der Waals surface area contributed by atoms with E-state index in [9.17, 15) is 4.39 Å². The lowest BCUT2D eigenvalue weighted by molar-refractivity contribution is 0.629. The molecule has 1 heterocycles. The molecule has 0 fully saturated rings. The molecule has 0 aromatic heterocycles. The van der Waals surface area contributed by atoms with Crippen molar-refractivity contribution in [2.45, 2.75) is 6.42 Å². The van der Waals surface area contributed by atoms with E-state index in [1.165, 1.54) is 17.2 Å². The molecule has 0 aliphatic carbocycles. The Balaban J connectivity index is 2.21. The molecular weight excluding hydrogens is 213 g/mol. The quantitative estimate of drug-likeness (QED) is 0.787. The van der Waals surface area contributed by atoms with Crippen LogP contribution in [0, 0.1) is 5.82 Å². The number of benzene rings is 2. The van der Waals surface area contributed by atoms with Crippen LogP contribution in [0.15, 0.2) is 42.5 Å². The lowest BCUT2D eigenvalue weighted by Gasteiger charge is -2.16. The van der Waals surface area contributed by atoms with Gasteiger partial charge in [0.2, 0.25) is 0 Å². The Bertz CT molecular complexity index is 586. The molecule has 1 aliphatic heterocycles. The van der Waals surface area contributed by atoms with Crippen molar-refractivity contribution < 1.29 is 4.39 Å². The van der Waals surface area contributed by atoms with Crippen molar-refractivity contribution in [3.8, 4) is 0 Å². The van der Waals surface area contributed by atoms with E-state index in [1.54, 1.807) is 6.07 Å². The fourth-order valence-corrected chi connectivity index (χ4v) is 2.39. The van der Waals surface area contributed by atoms with Gasteiger partial charge in [-0.1, -0.05) is 30.3 Å². The summed E-state index contributed by atoms with van der Waals surface area (Å²) in [5, 5.41) is 5.41. The van der Waals surface area contributed by atoms with E-state index in [0.29, 0.717) is 0 Å². The van der Waals surface area contributed by atoms with Gasteiger partial charge >= 0.3 is 0 Å². The summed E-state index contributed by atoms with van der Waals surface area (Å²) in [5.41, 5.74) is 2.49. The van der Waals surface area contributed by atoms with Crippen LogP contribution in [-0.2, 0) is 0 Å². The second-order valence-electron chi connectivity index (χ2n) is 4.35. The average molecular weight is 227 g/mol. The van der Waals surface area contributed by atoms with Crippen LogP contribution in [-0.4, -0.2) is 13.1 Å². The van der Waals surface area contributed by atoms with Crippen molar-refractivity contribution in [2.24, 2.45) is 0 Å². The third-order valence-electron chi connectivity index (χ3n) is 3.25. The first kappa shape index (κ1) is 10.5. The second kappa shape index (κ2) is 4.30. The summed E-state index contributed by atoms with van der Waals surface area (Å²) in [6, 6.07) is 11.1. The number of rotatable bonds is 1. The van der Waals surface area contributed by atoms with Crippen LogP contribution in [0.4, 0.5) is 4.39 Å². The zero-order valence-electron chi connectivity index (χ0n) is 9.54. The largest absolute Gasteiger partial charge is 0.313 e. The van der Waals surface area contributed by atoms with Crippen molar-refractivity contribution in [3.63, 3.8) is 0 Å².